The molecule has 1 aliphatic carbocycles. The first-order valence-corrected chi connectivity index (χ1v) is 14.6. The number of aromatic nitrogens is 2. The molecule has 0 atom stereocenters. The third-order valence-corrected chi connectivity index (χ3v) is 8.07. The number of nitrogens with zero attached hydrogens (tertiary/aromatic N) is 5. The van der Waals surface area contributed by atoms with E-state index in [0.29, 0.717) is 32.2 Å². The van der Waals surface area contributed by atoms with Gasteiger partial charge in [-0.3, -0.25) is 19.6 Å². The number of carbonyl (C=O) groups is 2. The average molecular weight is 552 g/mol. The van der Waals surface area contributed by atoms with Crippen molar-refractivity contribution in [1.29, 1.82) is 0 Å². The Bertz CT molecular complexity index is 1210. The van der Waals surface area contributed by atoms with Crippen molar-refractivity contribution in [2.75, 3.05) is 38.0 Å². The normalized spacial score (nSPS) is 20.1. The predicted molar refractivity (Wildman–Crippen MR) is 157 cm³/mol. The first-order chi connectivity index (χ1) is 19.0. The summed E-state index contributed by atoms with van der Waals surface area (Å²) in [5, 5.41) is 2.72. The minimum Gasteiger partial charge on any atom is -0.339 e. The molecule has 10 nitrogen and oxygen atoms in total. The van der Waals surface area contributed by atoms with Gasteiger partial charge in [0.1, 0.15) is 5.82 Å². The van der Waals surface area contributed by atoms with Gasteiger partial charge in [-0.2, -0.15) is 4.98 Å². The second kappa shape index (κ2) is 13.0. The van der Waals surface area contributed by atoms with Crippen LogP contribution in [0.2, 0.25) is 0 Å². The van der Waals surface area contributed by atoms with Gasteiger partial charge in [0.25, 0.3) is 0 Å². The van der Waals surface area contributed by atoms with E-state index in [1.807, 2.05) is 26.0 Å². The molecule has 0 radical (unpaired) electrons. The number of anilines is 1. The Morgan fingerprint density at radius 3 is 2.23 bits per heavy atom. The molecule has 0 unspecified atom stereocenters. The fraction of sp³-hybridized carbons (Fsp3) is 0.600. The number of hydrogen-bond donors (Lipinski definition) is 2. The molecule has 2 aliphatic rings. The maximum Gasteiger partial charge on any atom is 0.354 e. The topological polar surface area (TPSA) is 117 Å². The third kappa shape index (κ3) is 7.91. The molecule has 40 heavy (non-hydrogen) atoms. The van der Waals surface area contributed by atoms with Crippen molar-refractivity contribution in [1.82, 2.24) is 24.3 Å². The van der Waals surface area contributed by atoms with Gasteiger partial charge in [0.2, 0.25) is 5.91 Å². The lowest BCUT2D eigenvalue weighted by atomic mass is 9.86. The van der Waals surface area contributed by atoms with E-state index in [0.717, 1.165) is 24.7 Å². The SMILES string of the molecule is CCN(Cc1ccc(-n2ccc(NC(=O)N3CCN(C(=O)CC(C)(C)N)CC3)nc2=O)cc1)C1CCC(C)CC1. The quantitative estimate of drug-likeness (QED) is 0.519. The number of benzene rings is 1. The average Bonchev–Trinajstić information content (AvgIpc) is 2.92. The zero-order chi connectivity index (χ0) is 28.9. The predicted octanol–water partition coefficient (Wildman–Crippen LogP) is 3.44. The molecule has 2 fully saturated rings. The summed E-state index contributed by atoms with van der Waals surface area (Å²) in [4.78, 5) is 48.0. The maximum absolute atomic E-state index is 12.8. The van der Waals surface area contributed by atoms with Crippen LogP contribution >= 0.6 is 0 Å². The van der Waals surface area contributed by atoms with Gasteiger partial charge in [0.15, 0.2) is 0 Å². The van der Waals surface area contributed by atoms with Gasteiger partial charge >= 0.3 is 11.7 Å². The zero-order valence-electron chi connectivity index (χ0n) is 24.4. The molecule has 1 saturated carbocycles. The molecule has 1 saturated heterocycles. The van der Waals surface area contributed by atoms with Crippen LogP contribution < -0.4 is 16.7 Å². The number of nitrogens with two attached hydrogens (primary N) is 1. The lowest BCUT2D eigenvalue weighted by Crippen LogP contribution is -2.53. The lowest BCUT2D eigenvalue weighted by Gasteiger charge is -2.35. The van der Waals surface area contributed by atoms with Gasteiger partial charge in [0.05, 0.1) is 5.69 Å². The van der Waals surface area contributed by atoms with Crippen molar-refractivity contribution in [3.05, 3.63) is 52.6 Å². The fourth-order valence-corrected chi connectivity index (χ4v) is 5.62. The van der Waals surface area contributed by atoms with E-state index in [4.69, 9.17) is 5.73 Å². The van der Waals surface area contributed by atoms with Gasteiger partial charge in [-0.15, -0.1) is 0 Å². The molecule has 1 aliphatic heterocycles. The summed E-state index contributed by atoms with van der Waals surface area (Å²) in [6.07, 6.45) is 7.03. The number of urea groups is 1. The maximum atomic E-state index is 12.8. The summed E-state index contributed by atoms with van der Waals surface area (Å²) < 4.78 is 1.48. The van der Waals surface area contributed by atoms with E-state index in [9.17, 15) is 14.4 Å². The van der Waals surface area contributed by atoms with Gasteiger partial charge in [-0.25, -0.2) is 9.59 Å². The molecule has 0 bridgehead atoms. The molecule has 2 aromatic rings. The summed E-state index contributed by atoms with van der Waals surface area (Å²) in [5.74, 6) is 1.03. The van der Waals surface area contributed by atoms with Crippen LogP contribution in [0, 0.1) is 5.92 Å². The number of piperazine rings is 1. The van der Waals surface area contributed by atoms with E-state index < -0.39 is 11.2 Å². The largest absolute Gasteiger partial charge is 0.354 e. The van der Waals surface area contributed by atoms with Gasteiger partial charge in [-0.1, -0.05) is 26.0 Å². The van der Waals surface area contributed by atoms with Crippen molar-refractivity contribution in [2.24, 2.45) is 11.7 Å². The molecular formula is C30H45N7O3. The summed E-state index contributed by atoms with van der Waals surface area (Å²) in [7, 11) is 0. The Morgan fingerprint density at radius 1 is 1.02 bits per heavy atom. The highest BCUT2D eigenvalue weighted by Crippen LogP contribution is 2.28. The van der Waals surface area contributed by atoms with Crippen LogP contribution in [0.4, 0.5) is 10.6 Å². The van der Waals surface area contributed by atoms with Crippen LogP contribution in [-0.2, 0) is 11.3 Å². The Hall–Kier alpha value is -3.24. The molecule has 2 heterocycles. The number of amides is 3. The minimum atomic E-state index is -0.566. The smallest absolute Gasteiger partial charge is 0.339 e. The molecular weight excluding hydrogens is 506 g/mol. The molecule has 4 rings (SSSR count). The van der Waals surface area contributed by atoms with Crippen LogP contribution in [0.25, 0.3) is 5.69 Å². The van der Waals surface area contributed by atoms with Crippen molar-refractivity contribution >= 4 is 17.8 Å². The number of nitrogens with one attached hydrogen (secondary N) is 1. The van der Waals surface area contributed by atoms with Crippen molar-refractivity contribution in [3.8, 4) is 5.69 Å². The summed E-state index contributed by atoms with van der Waals surface area (Å²) in [6, 6.07) is 9.97. The molecule has 1 aromatic carbocycles. The molecule has 10 heteroatoms. The summed E-state index contributed by atoms with van der Waals surface area (Å²) >= 11 is 0. The lowest BCUT2D eigenvalue weighted by molar-refractivity contribution is -0.133. The molecule has 3 N–H and O–H groups in total. The van der Waals surface area contributed by atoms with Crippen molar-refractivity contribution < 1.29 is 9.59 Å². The van der Waals surface area contributed by atoms with Crippen molar-refractivity contribution in [3.63, 3.8) is 0 Å². The Labute approximate surface area is 237 Å². The van der Waals surface area contributed by atoms with E-state index in [1.54, 1.807) is 22.1 Å². The van der Waals surface area contributed by atoms with Crippen LogP contribution in [0.1, 0.15) is 65.4 Å². The monoisotopic (exact) mass is 551 g/mol. The number of hydrogen-bond acceptors (Lipinski definition) is 6. The van der Waals surface area contributed by atoms with E-state index in [-0.39, 0.29) is 24.2 Å². The summed E-state index contributed by atoms with van der Waals surface area (Å²) in [5.41, 5.74) is 6.89. The second-order valence-corrected chi connectivity index (χ2v) is 12.1. The van der Waals surface area contributed by atoms with Crippen LogP contribution in [0.3, 0.4) is 0 Å². The first-order valence-electron chi connectivity index (χ1n) is 14.6. The van der Waals surface area contributed by atoms with E-state index in [2.05, 4.69) is 41.2 Å². The molecule has 218 valence electrons. The zero-order valence-corrected chi connectivity index (χ0v) is 24.4. The Kier molecular flexibility index (Phi) is 9.63. The van der Waals surface area contributed by atoms with E-state index in [1.165, 1.54) is 35.8 Å². The van der Waals surface area contributed by atoms with Gasteiger partial charge < -0.3 is 15.5 Å². The van der Waals surface area contributed by atoms with Gasteiger partial charge in [0, 0.05) is 56.9 Å². The highest BCUT2D eigenvalue weighted by atomic mass is 16.2. The number of rotatable bonds is 8. The van der Waals surface area contributed by atoms with E-state index >= 15 is 0 Å². The minimum absolute atomic E-state index is 0.00700. The van der Waals surface area contributed by atoms with Gasteiger partial charge in [-0.05, 0) is 75.8 Å². The molecule has 1 aromatic heterocycles. The van der Waals surface area contributed by atoms with Crippen LogP contribution in [0.15, 0.2) is 41.3 Å². The Balaban J connectivity index is 1.31. The number of carbonyl (C=O) groups excluding carboxylic acids is 2. The molecule has 0 spiro atoms. The van der Waals surface area contributed by atoms with Crippen molar-refractivity contribution in [2.45, 2.75) is 77.9 Å². The summed E-state index contributed by atoms with van der Waals surface area (Å²) in [6.45, 7) is 11.9. The standard InChI is InChI=1S/C30H45N7O3/c1-5-34(24-10-6-22(2)7-11-24)21-23-8-12-25(13-9-23)37-15-14-26(33-29(37)40)32-28(39)36-18-16-35(17-19-36)27(38)20-30(3,4)31/h8-9,12-15,22,24H,5-7,10-11,16-21,31H2,1-4H3,(H,32,33,39,40). The van der Waals surface area contributed by atoms with Crippen LogP contribution in [-0.4, -0.2) is 80.5 Å². The second-order valence-electron chi connectivity index (χ2n) is 12.1. The highest BCUT2D eigenvalue weighted by molar-refractivity contribution is 5.88. The Morgan fingerprint density at radius 2 is 1.65 bits per heavy atom. The first kappa shape index (κ1) is 29.7. The highest BCUT2D eigenvalue weighted by Gasteiger charge is 2.27. The fourth-order valence-electron chi connectivity index (χ4n) is 5.62. The van der Waals surface area contributed by atoms with Crippen LogP contribution in [0.5, 0.6) is 0 Å². The molecule has 3 amide bonds. The third-order valence-electron chi connectivity index (χ3n) is 8.07.